The highest BCUT2D eigenvalue weighted by Crippen LogP contribution is 2.31. The van der Waals surface area contributed by atoms with E-state index in [1.54, 1.807) is 6.07 Å². The predicted octanol–water partition coefficient (Wildman–Crippen LogP) is 1.69. The summed E-state index contributed by atoms with van der Waals surface area (Å²) in [6, 6.07) is 1.72. The van der Waals surface area contributed by atoms with Crippen LogP contribution in [-0.4, -0.2) is 31.2 Å². The Morgan fingerprint density at radius 3 is 2.89 bits per heavy atom. The zero-order valence-electron chi connectivity index (χ0n) is 10.8. The van der Waals surface area contributed by atoms with Gasteiger partial charge in [-0.25, -0.2) is 9.78 Å². The molecule has 1 aliphatic carbocycles. The van der Waals surface area contributed by atoms with Crippen LogP contribution in [0.4, 0.5) is 11.5 Å². The van der Waals surface area contributed by atoms with Crippen LogP contribution in [0.3, 0.4) is 0 Å². The molecule has 0 atom stereocenters. The van der Waals surface area contributed by atoms with Crippen molar-refractivity contribution >= 4 is 17.5 Å². The maximum atomic E-state index is 11.6. The summed E-state index contributed by atoms with van der Waals surface area (Å²) in [6.45, 7) is 3.94. The number of carbonyl (C=O) groups is 1. The molecule has 0 unspecified atom stereocenters. The minimum Gasteiger partial charge on any atom is -0.465 e. The van der Waals surface area contributed by atoms with Gasteiger partial charge in [0.25, 0.3) is 0 Å². The SMILES string of the molecule is CCN(CC1CC1)c1cc(C(=O)OC)c(N)cn1. The number of esters is 1. The van der Waals surface area contributed by atoms with E-state index < -0.39 is 5.97 Å². The Bertz CT molecular complexity index is 444. The average Bonchev–Trinajstić information content (AvgIpc) is 3.20. The minimum absolute atomic E-state index is 0.355. The third-order valence-electron chi connectivity index (χ3n) is 3.21. The topological polar surface area (TPSA) is 68.5 Å². The van der Waals surface area contributed by atoms with Crippen LogP contribution in [0.5, 0.6) is 0 Å². The number of hydrogen-bond donors (Lipinski definition) is 1. The molecule has 1 aliphatic rings. The van der Waals surface area contributed by atoms with Gasteiger partial charge in [-0.15, -0.1) is 0 Å². The van der Waals surface area contributed by atoms with Gasteiger partial charge in [0, 0.05) is 13.1 Å². The smallest absolute Gasteiger partial charge is 0.340 e. The Kier molecular flexibility index (Phi) is 3.69. The van der Waals surface area contributed by atoms with Gasteiger partial charge in [0.2, 0.25) is 0 Å². The third kappa shape index (κ3) is 2.72. The fraction of sp³-hybridized carbons (Fsp3) is 0.538. The van der Waals surface area contributed by atoms with Crippen molar-refractivity contribution in [1.82, 2.24) is 4.98 Å². The summed E-state index contributed by atoms with van der Waals surface area (Å²) >= 11 is 0. The molecule has 98 valence electrons. The lowest BCUT2D eigenvalue weighted by molar-refractivity contribution is 0.0602. The van der Waals surface area contributed by atoms with Gasteiger partial charge >= 0.3 is 5.97 Å². The van der Waals surface area contributed by atoms with Crippen LogP contribution in [-0.2, 0) is 4.74 Å². The number of hydrogen-bond acceptors (Lipinski definition) is 5. The molecule has 1 aromatic rings. The van der Waals surface area contributed by atoms with E-state index in [4.69, 9.17) is 10.5 Å². The van der Waals surface area contributed by atoms with Gasteiger partial charge in [-0.05, 0) is 31.7 Å². The van der Waals surface area contributed by atoms with E-state index in [1.807, 2.05) is 0 Å². The van der Waals surface area contributed by atoms with E-state index in [-0.39, 0.29) is 0 Å². The first-order chi connectivity index (χ1) is 8.65. The summed E-state index contributed by atoms with van der Waals surface area (Å²) in [6.07, 6.45) is 4.10. The molecule has 1 heterocycles. The number of carbonyl (C=O) groups excluding carboxylic acids is 1. The number of methoxy groups -OCH3 is 1. The Labute approximate surface area is 107 Å². The summed E-state index contributed by atoms with van der Waals surface area (Å²) in [4.78, 5) is 18.1. The van der Waals surface area contributed by atoms with Crippen molar-refractivity contribution in [2.45, 2.75) is 19.8 Å². The Morgan fingerprint density at radius 1 is 1.61 bits per heavy atom. The fourth-order valence-corrected chi connectivity index (χ4v) is 1.91. The fourth-order valence-electron chi connectivity index (χ4n) is 1.91. The van der Waals surface area contributed by atoms with Crippen molar-refractivity contribution in [1.29, 1.82) is 0 Å². The molecule has 1 aromatic heterocycles. The second kappa shape index (κ2) is 5.25. The number of pyridine rings is 1. The lowest BCUT2D eigenvalue weighted by Crippen LogP contribution is -2.26. The summed E-state index contributed by atoms with van der Waals surface area (Å²) in [7, 11) is 1.35. The molecule has 0 amide bonds. The van der Waals surface area contributed by atoms with Crippen LogP contribution >= 0.6 is 0 Å². The van der Waals surface area contributed by atoms with Crippen molar-refractivity contribution in [2.24, 2.45) is 5.92 Å². The van der Waals surface area contributed by atoms with Gasteiger partial charge in [-0.2, -0.15) is 0 Å². The summed E-state index contributed by atoms with van der Waals surface area (Å²) in [5, 5.41) is 0. The van der Waals surface area contributed by atoms with Gasteiger partial charge < -0.3 is 15.4 Å². The average molecular weight is 249 g/mol. The van der Waals surface area contributed by atoms with Crippen molar-refractivity contribution in [2.75, 3.05) is 30.8 Å². The quantitative estimate of drug-likeness (QED) is 0.804. The Hall–Kier alpha value is -1.78. The summed E-state index contributed by atoms with van der Waals surface area (Å²) in [5.41, 5.74) is 6.48. The van der Waals surface area contributed by atoms with Gasteiger partial charge in [-0.1, -0.05) is 0 Å². The molecule has 0 bridgehead atoms. The zero-order chi connectivity index (χ0) is 13.1. The Balaban J connectivity index is 2.23. The molecule has 0 saturated heterocycles. The monoisotopic (exact) mass is 249 g/mol. The lowest BCUT2D eigenvalue weighted by Gasteiger charge is -2.22. The largest absolute Gasteiger partial charge is 0.465 e. The van der Waals surface area contributed by atoms with Crippen molar-refractivity contribution in [3.05, 3.63) is 17.8 Å². The molecular formula is C13H19N3O2. The summed E-state index contributed by atoms with van der Waals surface area (Å²) in [5.74, 6) is 1.14. The predicted molar refractivity (Wildman–Crippen MR) is 70.6 cm³/mol. The van der Waals surface area contributed by atoms with Gasteiger partial charge in [0.15, 0.2) is 0 Å². The first-order valence-corrected chi connectivity index (χ1v) is 6.24. The van der Waals surface area contributed by atoms with Crippen molar-refractivity contribution in [3.63, 3.8) is 0 Å². The van der Waals surface area contributed by atoms with Crippen LogP contribution < -0.4 is 10.6 Å². The van der Waals surface area contributed by atoms with E-state index in [1.165, 1.54) is 26.1 Å². The number of ether oxygens (including phenoxy) is 1. The number of nitrogens with two attached hydrogens (primary N) is 1. The van der Waals surface area contributed by atoms with E-state index in [2.05, 4.69) is 16.8 Å². The normalized spacial score (nSPS) is 14.3. The third-order valence-corrected chi connectivity index (χ3v) is 3.21. The highest BCUT2D eigenvalue weighted by Gasteiger charge is 2.25. The number of nitrogen functional groups attached to an aromatic ring is 1. The highest BCUT2D eigenvalue weighted by molar-refractivity contribution is 5.95. The van der Waals surface area contributed by atoms with Gasteiger partial charge in [-0.3, -0.25) is 0 Å². The minimum atomic E-state index is -0.418. The zero-order valence-corrected chi connectivity index (χ0v) is 10.8. The van der Waals surface area contributed by atoms with Crippen LogP contribution in [0, 0.1) is 5.92 Å². The maximum Gasteiger partial charge on any atom is 0.340 e. The van der Waals surface area contributed by atoms with Gasteiger partial charge in [0.1, 0.15) is 5.82 Å². The number of rotatable bonds is 5. The maximum absolute atomic E-state index is 11.6. The molecule has 5 heteroatoms. The van der Waals surface area contributed by atoms with E-state index in [0.717, 1.165) is 24.8 Å². The molecule has 1 saturated carbocycles. The molecule has 0 radical (unpaired) electrons. The highest BCUT2D eigenvalue weighted by atomic mass is 16.5. The molecule has 0 spiro atoms. The number of anilines is 2. The standard InChI is InChI=1S/C13H19N3O2/c1-3-16(8-9-4-5-9)12-6-10(13(17)18-2)11(14)7-15-12/h6-7,9H,3-5,8,14H2,1-2H3. The molecule has 1 fully saturated rings. The number of nitrogens with zero attached hydrogens (tertiary/aromatic N) is 2. The van der Waals surface area contributed by atoms with Gasteiger partial charge in [0.05, 0.1) is 24.6 Å². The Morgan fingerprint density at radius 2 is 2.33 bits per heavy atom. The van der Waals surface area contributed by atoms with Crippen LogP contribution in [0.1, 0.15) is 30.1 Å². The molecule has 0 aliphatic heterocycles. The molecule has 5 nitrogen and oxygen atoms in total. The second-order valence-electron chi connectivity index (χ2n) is 4.60. The van der Waals surface area contributed by atoms with E-state index >= 15 is 0 Å². The lowest BCUT2D eigenvalue weighted by atomic mass is 10.2. The van der Waals surface area contributed by atoms with Crippen molar-refractivity contribution in [3.8, 4) is 0 Å². The second-order valence-corrected chi connectivity index (χ2v) is 4.60. The molecular weight excluding hydrogens is 230 g/mol. The van der Waals surface area contributed by atoms with Crippen LogP contribution in [0.25, 0.3) is 0 Å². The van der Waals surface area contributed by atoms with Crippen LogP contribution in [0.2, 0.25) is 0 Å². The molecule has 18 heavy (non-hydrogen) atoms. The first kappa shape index (κ1) is 12.7. The van der Waals surface area contributed by atoms with Crippen LogP contribution in [0.15, 0.2) is 12.3 Å². The molecule has 2 N–H and O–H groups in total. The molecule has 2 rings (SSSR count). The first-order valence-electron chi connectivity index (χ1n) is 6.24. The van der Waals surface area contributed by atoms with E-state index in [9.17, 15) is 4.79 Å². The summed E-state index contributed by atoms with van der Waals surface area (Å²) < 4.78 is 4.71. The van der Waals surface area contributed by atoms with E-state index in [0.29, 0.717) is 11.3 Å². The number of aromatic nitrogens is 1. The molecule has 0 aromatic carbocycles. The van der Waals surface area contributed by atoms with Crippen molar-refractivity contribution < 1.29 is 9.53 Å².